The zero-order chi connectivity index (χ0) is 14.5. The highest BCUT2D eigenvalue weighted by Crippen LogP contribution is 2.36. The molecule has 0 saturated heterocycles. The van der Waals surface area contributed by atoms with E-state index in [4.69, 9.17) is 22.8 Å². The van der Waals surface area contributed by atoms with Gasteiger partial charge in [-0.1, -0.05) is 11.6 Å². The average molecular weight is 307 g/mol. The largest absolute Gasteiger partial charge is 0.497 e. The maximum Gasteiger partial charge on any atom is 0.173 e. The summed E-state index contributed by atoms with van der Waals surface area (Å²) in [6.07, 6.45) is 9.73. The number of terminal acetylenes is 1. The number of ether oxygens (including phenoxy) is 1. The molecule has 5 heteroatoms. The van der Waals surface area contributed by atoms with Gasteiger partial charge in [-0.15, -0.1) is 12.3 Å². The van der Waals surface area contributed by atoms with Gasteiger partial charge in [-0.05, 0) is 36.9 Å². The van der Waals surface area contributed by atoms with Crippen molar-refractivity contribution in [2.24, 2.45) is 0 Å². The smallest absolute Gasteiger partial charge is 0.173 e. The second kappa shape index (κ2) is 6.74. The van der Waals surface area contributed by atoms with Crippen LogP contribution in [0.5, 0.6) is 5.75 Å². The topological polar surface area (TPSA) is 27.1 Å². The molecule has 3 nitrogen and oxygen atoms in total. The Morgan fingerprint density at radius 3 is 3.05 bits per heavy atom. The summed E-state index contributed by atoms with van der Waals surface area (Å²) in [5.74, 6) is 3.44. The third-order valence-electron chi connectivity index (χ3n) is 2.86. The van der Waals surface area contributed by atoms with Crippen molar-refractivity contribution >= 4 is 23.4 Å². The molecule has 0 aliphatic carbocycles. The van der Waals surface area contributed by atoms with E-state index in [-0.39, 0.29) is 6.04 Å². The molecular formula is C15H15ClN2OS. The molecular weight excluding hydrogens is 292 g/mol. The molecule has 0 fully saturated rings. The van der Waals surface area contributed by atoms with Gasteiger partial charge in [0.15, 0.2) is 5.16 Å². The van der Waals surface area contributed by atoms with Crippen LogP contribution in [-0.4, -0.2) is 16.7 Å². The third kappa shape index (κ3) is 3.30. The highest BCUT2D eigenvalue weighted by molar-refractivity contribution is 7.99. The van der Waals surface area contributed by atoms with Crippen LogP contribution in [0.3, 0.4) is 0 Å². The molecule has 1 aromatic carbocycles. The van der Waals surface area contributed by atoms with Crippen LogP contribution < -0.4 is 4.74 Å². The summed E-state index contributed by atoms with van der Waals surface area (Å²) in [6, 6.07) is 5.76. The lowest BCUT2D eigenvalue weighted by atomic mass is 10.2. The molecule has 2 aromatic rings. The Morgan fingerprint density at radius 1 is 1.55 bits per heavy atom. The quantitative estimate of drug-likeness (QED) is 0.771. The molecule has 0 aliphatic rings. The number of rotatable bonds is 5. The first-order valence-corrected chi connectivity index (χ1v) is 7.33. The Hall–Kier alpha value is -1.57. The summed E-state index contributed by atoms with van der Waals surface area (Å²) in [4.78, 5) is 5.28. The number of nitrogens with zero attached hydrogens (tertiary/aromatic N) is 2. The van der Waals surface area contributed by atoms with E-state index >= 15 is 0 Å². The van der Waals surface area contributed by atoms with Crippen LogP contribution in [-0.2, 0) is 0 Å². The lowest BCUT2D eigenvalue weighted by Crippen LogP contribution is -2.04. The Kier molecular flexibility index (Phi) is 4.99. The Bertz CT molecular complexity index is 633. The maximum absolute atomic E-state index is 6.22. The standard InChI is InChI=1S/C15H15ClN2OS/c1-4-5-11(2)18-9-8-17-15(18)20-14-10-12(19-3)6-7-13(14)16/h1,6-11H,5H2,2-3H3. The predicted octanol–water partition coefficient (Wildman–Crippen LogP) is 4.28. The van der Waals surface area contributed by atoms with Gasteiger partial charge in [0.1, 0.15) is 5.75 Å². The molecule has 0 bridgehead atoms. The highest BCUT2D eigenvalue weighted by Gasteiger charge is 2.12. The molecule has 0 aliphatic heterocycles. The fraction of sp³-hybridized carbons (Fsp3) is 0.267. The number of methoxy groups -OCH3 is 1. The monoisotopic (exact) mass is 306 g/mol. The predicted molar refractivity (Wildman–Crippen MR) is 82.5 cm³/mol. The van der Waals surface area contributed by atoms with Crippen molar-refractivity contribution in [2.45, 2.75) is 29.4 Å². The van der Waals surface area contributed by atoms with Gasteiger partial charge < -0.3 is 9.30 Å². The second-order valence-corrected chi connectivity index (χ2v) is 5.69. The molecule has 2 rings (SSSR count). The number of benzene rings is 1. The first-order valence-electron chi connectivity index (χ1n) is 6.13. The van der Waals surface area contributed by atoms with Gasteiger partial charge in [0.05, 0.1) is 12.1 Å². The third-order valence-corrected chi connectivity index (χ3v) is 4.36. The van der Waals surface area contributed by atoms with E-state index in [2.05, 4.69) is 22.4 Å². The summed E-state index contributed by atoms with van der Waals surface area (Å²) in [5, 5.41) is 1.54. The summed E-state index contributed by atoms with van der Waals surface area (Å²) in [5.41, 5.74) is 0. The number of halogens is 1. The molecule has 0 N–H and O–H groups in total. The normalized spacial score (nSPS) is 11.9. The molecule has 0 radical (unpaired) electrons. The van der Waals surface area contributed by atoms with Crippen LogP contribution in [0.1, 0.15) is 19.4 Å². The molecule has 20 heavy (non-hydrogen) atoms. The van der Waals surface area contributed by atoms with Crippen molar-refractivity contribution in [3.8, 4) is 18.1 Å². The van der Waals surface area contributed by atoms with E-state index in [1.807, 2.05) is 24.4 Å². The zero-order valence-electron chi connectivity index (χ0n) is 11.3. The average Bonchev–Trinajstić information content (AvgIpc) is 2.90. The number of hydrogen-bond acceptors (Lipinski definition) is 3. The SMILES string of the molecule is C#CCC(C)n1ccnc1Sc1cc(OC)ccc1Cl. The fourth-order valence-electron chi connectivity index (χ4n) is 1.77. The van der Waals surface area contributed by atoms with Crippen LogP contribution >= 0.6 is 23.4 Å². The van der Waals surface area contributed by atoms with Crippen molar-refractivity contribution < 1.29 is 4.74 Å². The van der Waals surface area contributed by atoms with E-state index < -0.39 is 0 Å². The van der Waals surface area contributed by atoms with Gasteiger partial charge in [0.25, 0.3) is 0 Å². The fourth-order valence-corrected chi connectivity index (χ4v) is 3.00. The molecule has 0 saturated carbocycles. The second-order valence-electron chi connectivity index (χ2n) is 4.27. The van der Waals surface area contributed by atoms with Crippen molar-refractivity contribution in [3.63, 3.8) is 0 Å². The molecule has 0 spiro atoms. The van der Waals surface area contributed by atoms with E-state index in [1.165, 1.54) is 11.8 Å². The van der Waals surface area contributed by atoms with E-state index in [0.717, 1.165) is 15.8 Å². The zero-order valence-corrected chi connectivity index (χ0v) is 12.9. The number of aromatic nitrogens is 2. The van der Waals surface area contributed by atoms with Gasteiger partial charge in [-0.2, -0.15) is 0 Å². The van der Waals surface area contributed by atoms with Crippen LogP contribution in [0.4, 0.5) is 0 Å². The summed E-state index contributed by atoms with van der Waals surface area (Å²) < 4.78 is 7.28. The Balaban J connectivity index is 2.27. The lowest BCUT2D eigenvalue weighted by molar-refractivity contribution is 0.413. The molecule has 1 atom stereocenters. The molecule has 0 amide bonds. The van der Waals surface area contributed by atoms with Gasteiger partial charge in [0.2, 0.25) is 0 Å². The summed E-state index contributed by atoms with van der Waals surface area (Å²) in [6.45, 7) is 2.07. The van der Waals surface area contributed by atoms with Crippen LogP contribution in [0.2, 0.25) is 5.02 Å². The van der Waals surface area contributed by atoms with E-state index in [1.54, 1.807) is 13.3 Å². The van der Waals surface area contributed by atoms with E-state index in [0.29, 0.717) is 11.4 Å². The minimum Gasteiger partial charge on any atom is -0.497 e. The molecule has 1 unspecified atom stereocenters. The summed E-state index contributed by atoms with van der Waals surface area (Å²) in [7, 11) is 1.63. The molecule has 104 valence electrons. The first kappa shape index (κ1) is 14.8. The maximum atomic E-state index is 6.22. The number of hydrogen-bond donors (Lipinski definition) is 0. The van der Waals surface area contributed by atoms with Crippen LogP contribution in [0.15, 0.2) is 40.6 Å². The van der Waals surface area contributed by atoms with Crippen molar-refractivity contribution in [2.75, 3.05) is 7.11 Å². The van der Waals surface area contributed by atoms with E-state index in [9.17, 15) is 0 Å². The highest BCUT2D eigenvalue weighted by atomic mass is 35.5. The van der Waals surface area contributed by atoms with Crippen molar-refractivity contribution in [1.82, 2.24) is 9.55 Å². The van der Waals surface area contributed by atoms with Crippen LogP contribution in [0.25, 0.3) is 0 Å². The molecule has 1 aromatic heterocycles. The van der Waals surface area contributed by atoms with Gasteiger partial charge in [-0.3, -0.25) is 0 Å². The van der Waals surface area contributed by atoms with Gasteiger partial charge in [-0.25, -0.2) is 4.98 Å². The Labute approximate surface area is 128 Å². The van der Waals surface area contributed by atoms with Crippen molar-refractivity contribution in [1.29, 1.82) is 0 Å². The van der Waals surface area contributed by atoms with Crippen LogP contribution in [0, 0.1) is 12.3 Å². The molecule has 1 heterocycles. The Morgan fingerprint density at radius 2 is 2.35 bits per heavy atom. The minimum absolute atomic E-state index is 0.203. The number of imidazole rings is 1. The van der Waals surface area contributed by atoms with Gasteiger partial charge in [0, 0.05) is 29.8 Å². The lowest BCUT2D eigenvalue weighted by Gasteiger charge is -2.14. The first-order chi connectivity index (χ1) is 9.65. The van der Waals surface area contributed by atoms with Gasteiger partial charge >= 0.3 is 0 Å². The summed E-state index contributed by atoms with van der Waals surface area (Å²) >= 11 is 7.72. The van der Waals surface area contributed by atoms with Crippen molar-refractivity contribution in [3.05, 3.63) is 35.6 Å². The minimum atomic E-state index is 0.203.